The number of piperidine rings is 3. The van der Waals surface area contributed by atoms with Crippen LogP contribution in [0.25, 0.3) is 33.2 Å². The standard InChI is InChI=1S/C57H74FN11O5Si/c1-38(51-33-46-45(15-20-59-54(46)64(51)2)43-11-13-50-49(31-43)62-52(36-73-3)69(50)37-74-29-30-75(4,5)6)66-23-18-41(19-24-66)40-7-9-42(10-8-40)57(72)68-21-16-39(17-22-68)35-65-25-27-67(28-26-65)55-47(58)32-44(34-60-55)61-48-12-14-53(70)63-56(48)71/h7-11,13,15,20,31-34,38-39,41,48,61H,12,14,16-19,21-30,35-37H2,1-6H3,(H,63,70,71)/t38-,48?/m0/s1. The molecular weight excluding hydrogens is 966 g/mol. The number of piperazine rings is 1. The van der Waals surface area contributed by atoms with Crippen LogP contribution in [0.1, 0.15) is 84.8 Å². The number of anilines is 2. The molecule has 8 heterocycles. The highest BCUT2D eigenvalue weighted by Gasteiger charge is 2.31. The first kappa shape index (κ1) is 52.4. The minimum atomic E-state index is -1.20. The van der Waals surface area contributed by atoms with Gasteiger partial charge in [0.1, 0.15) is 30.9 Å². The summed E-state index contributed by atoms with van der Waals surface area (Å²) in [6.45, 7) is 18.4. The second-order valence-corrected chi connectivity index (χ2v) is 28.1. The molecule has 0 bridgehead atoms. The average molecular weight is 1040 g/mol. The van der Waals surface area contributed by atoms with Crippen molar-refractivity contribution in [1.82, 2.24) is 44.1 Å². The Labute approximate surface area is 441 Å². The number of fused-ring (bicyclic) bond motifs is 2. The van der Waals surface area contributed by atoms with Crippen LogP contribution in [-0.4, -0.2) is 143 Å². The van der Waals surface area contributed by atoms with E-state index in [4.69, 9.17) is 19.4 Å². The first-order valence-electron chi connectivity index (χ1n) is 27.1. The maximum Gasteiger partial charge on any atom is 0.253 e. The van der Waals surface area contributed by atoms with Crippen LogP contribution < -0.4 is 15.5 Å². The summed E-state index contributed by atoms with van der Waals surface area (Å²) in [6.07, 6.45) is 8.11. The third kappa shape index (κ3) is 11.8. The highest BCUT2D eigenvalue weighted by molar-refractivity contribution is 6.76. The zero-order valence-corrected chi connectivity index (χ0v) is 45.6. The summed E-state index contributed by atoms with van der Waals surface area (Å²) in [5, 5.41) is 6.46. The average Bonchev–Trinajstić information content (AvgIpc) is 3.94. The summed E-state index contributed by atoms with van der Waals surface area (Å²) in [5.41, 5.74) is 8.90. The molecule has 1 unspecified atom stereocenters. The zero-order valence-electron chi connectivity index (χ0n) is 44.6. The Morgan fingerprint density at radius 2 is 1.67 bits per heavy atom. The lowest BCUT2D eigenvalue weighted by molar-refractivity contribution is -0.133. The van der Waals surface area contributed by atoms with Gasteiger partial charge >= 0.3 is 0 Å². The molecule has 4 aromatic heterocycles. The summed E-state index contributed by atoms with van der Waals surface area (Å²) in [7, 11) is 2.64. The number of hydrogen-bond donors (Lipinski definition) is 2. The number of aromatic nitrogens is 5. The van der Waals surface area contributed by atoms with Crippen LogP contribution in [0, 0.1) is 11.7 Å². The summed E-state index contributed by atoms with van der Waals surface area (Å²) in [5.74, 6) is 1.10. The number of imidazole rings is 1. The van der Waals surface area contributed by atoms with E-state index < -0.39 is 25.8 Å². The molecule has 0 spiro atoms. The smallest absolute Gasteiger partial charge is 0.253 e. The Morgan fingerprint density at radius 3 is 2.37 bits per heavy atom. The van der Waals surface area contributed by atoms with Crippen LogP contribution in [0.15, 0.2) is 73.1 Å². The molecule has 2 N–H and O–H groups in total. The number of methoxy groups -OCH3 is 1. The zero-order chi connectivity index (χ0) is 52.4. The van der Waals surface area contributed by atoms with Crippen LogP contribution in [-0.2, 0) is 39.4 Å². The Hall–Kier alpha value is -6.05. The molecule has 2 atom stereocenters. The molecule has 4 saturated heterocycles. The van der Waals surface area contributed by atoms with E-state index >= 15 is 4.39 Å². The number of nitrogens with one attached hydrogen (secondary N) is 2. The van der Waals surface area contributed by atoms with Crippen molar-refractivity contribution >= 4 is 59.4 Å². The molecule has 16 nitrogen and oxygen atoms in total. The van der Waals surface area contributed by atoms with E-state index in [1.165, 1.54) is 17.3 Å². The lowest BCUT2D eigenvalue weighted by Gasteiger charge is -2.39. The molecule has 10 rings (SSSR count). The van der Waals surface area contributed by atoms with Crippen molar-refractivity contribution in [1.29, 1.82) is 0 Å². The summed E-state index contributed by atoms with van der Waals surface area (Å²) in [4.78, 5) is 60.7. The van der Waals surface area contributed by atoms with Crippen LogP contribution in [0.3, 0.4) is 0 Å². The number of ether oxygens (including phenoxy) is 2. The maximum absolute atomic E-state index is 15.2. The number of amides is 3. The number of imide groups is 1. The van der Waals surface area contributed by atoms with Gasteiger partial charge in [-0.15, -0.1) is 0 Å². The number of carbonyl (C=O) groups excluding carboxylic acids is 3. The van der Waals surface area contributed by atoms with E-state index in [9.17, 15) is 14.4 Å². The fraction of sp³-hybridized carbons (Fsp3) is 0.509. The van der Waals surface area contributed by atoms with Gasteiger partial charge in [0.15, 0.2) is 11.6 Å². The molecule has 2 aromatic carbocycles. The van der Waals surface area contributed by atoms with Crippen LogP contribution in [0.2, 0.25) is 25.7 Å². The van der Waals surface area contributed by atoms with E-state index in [0.29, 0.717) is 56.2 Å². The Balaban J connectivity index is 0.686. The van der Waals surface area contributed by atoms with Crippen molar-refractivity contribution in [3.63, 3.8) is 0 Å². The molecule has 4 fully saturated rings. The van der Waals surface area contributed by atoms with Crippen LogP contribution in [0.5, 0.6) is 0 Å². The number of hydrogen-bond acceptors (Lipinski definition) is 12. The van der Waals surface area contributed by atoms with Gasteiger partial charge in [0.2, 0.25) is 11.8 Å². The van der Waals surface area contributed by atoms with Gasteiger partial charge in [0.05, 0.1) is 22.9 Å². The molecule has 6 aromatic rings. The predicted octanol–water partition coefficient (Wildman–Crippen LogP) is 8.41. The number of rotatable bonds is 17. The number of benzene rings is 2. The minimum Gasteiger partial charge on any atom is -0.377 e. The van der Waals surface area contributed by atoms with Gasteiger partial charge in [-0.1, -0.05) is 37.8 Å². The van der Waals surface area contributed by atoms with Crippen molar-refractivity contribution in [2.75, 3.05) is 82.8 Å². The van der Waals surface area contributed by atoms with Crippen molar-refractivity contribution < 1.29 is 28.2 Å². The molecule has 4 aliphatic heterocycles. The van der Waals surface area contributed by atoms with E-state index in [1.54, 1.807) is 13.3 Å². The Bertz CT molecular complexity index is 3000. The summed E-state index contributed by atoms with van der Waals surface area (Å²) in [6, 6.07) is 21.5. The molecule has 18 heteroatoms. The van der Waals surface area contributed by atoms with Gasteiger partial charge < -0.3 is 33.7 Å². The SMILES string of the molecule is COCc1nc2cc(-c3ccnc4c3cc([C@H](C)N3CCC(c5ccc(C(=O)N6CCC(CN7CCN(c8ncc(NC9CCC(=O)NC9=O)cc8F)CC7)CC6)cc5)CC3)n4C)ccc2n1COCC[Si](C)(C)C. The molecule has 75 heavy (non-hydrogen) atoms. The van der Waals surface area contributed by atoms with Gasteiger partial charge in [0, 0.05) is 116 Å². The quantitative estimate of drug-likeness (QED) is 0.0512. The lowest BCUT2D eigenvalue weighted by atomic mass is 9.88. The van der Waals surface area contributed by atoms with Crippen molar-refractivity contribution in [2.24, 2.45) is 13.0 Å². The van der Waals surface area contributed by atoms with Crippen LogP contribution >= 0.6 is 0 Å². The van der Waals surface area contributed by atoms with Gasteiger partial charge in [-0.05, 0) is 123 Å². The van der Waals surface area contributed by atoms with Crippen LogP contribution in [0.4, 0.5) is 15.9 Å². The summed E-state index contributed by atoms with van der Waals surface area (Å²) < 4.78 is 31.4. The number of pyridine rings is 2. The van der Waals surface area contributed by atoms with Gasteiger partial charge in [-0.25, -0.2) is 19.3 Å². The molecule has 398 valence electrons. The number of aryl methyl sites for hydroxylation is 1. The van der Waals surface area contributed by atoms with Crippen molar-refractivity contribution in [3.8, 4) is 11.1 Å². The monoisotopic (exact) mass is 1040 g/mol. The largest absolute Gasteiger partial charge is 0.377 e. The highest BCUT2D eigenvalue weighted by atomic mass is 28.3. The second-order valence-electron chi connectivity index (χ2n) is 22.5. The Kier molecular flexibility index (Phi) is 15.8. The minimum absolute atomic E-state index is 0.110. The third-order valence-electron chi connectivity index (χ3n) is 16.2. The van der Waals surface area contributed by atoms with Gasteiger partial charge in [-0.2, -0.15) is 0 Å². The molecule has 0 radical (unpaired) electrons. The van der Waals surface area contributed by atoms with Gasteiger partial charge in [0.25, 0.3) is 5.91 Å². The van der Waals surface area contributed by atoms with E-state index in [2.05, 4.69) is 111 Å². The fourth-order valence-corrected chi connectivity index (χ4v) is 12.4. The Morgan fingerprint density at radius 1 is 0.907 bits per heavy atom. The summed E-state index contributed by atoms with van der Waals surface area (Å²) >= 11 is 0. The number of nitrogens with zero attached hydrogens (tertiary/aromatic N) is 9. The maximum atomic E-state index is 15.2. The van der Waals surface area contributed by atoms with E-state index in [0.717, 1.165) is 129 Å². The number of halogens is 1. The molecule has 0 aliphatic carbocycles. The molecular formula is C57H74FN11O5Si. The predicted molar refractivity (Wildman–Crippen MR) is 294 cm³/mol. The van der Waals surface area contributed by atoms with Crippen molar-refractivity contribution in [2.45, 2.75) is 102 Å². The molecule has 0 saturated carbocycles. The first-order chi connectivity index (χ1) is 36.2. The van der Waals surface area contributed by atoms with E-state index in [1.807, 2.05) is 28.1 Å². The van der Waals surface area contributed by atoms with Gasteiger partial charge in [-0.3, -0.25) is 29.5 Å². The number of likely N-dealkylation sites (tertiary alicyclic amines) is 2. The normalized spacial score (nSPS) is 19.3. The third-order valence-corrected chi connectivity index (χ3v) is 17.9. The first-order valence-corrected chi connectivity index (χ1v) is 30.8. The lowest BCUT2D eigenvalue weighted by Crippen LogP contribution is -2.49. The van der Waals surface area contributed by atoms with Crippen molar-refractivity contribution in [3.05, 3.63) is 102 Å². The highest BCUT2D eigenvalue weighted by Crippen LogP contribution is 2.37. The molecule has 4 aliphatic rings. The second kappa shape index (κ2) is 22.7. The number of carbonyl (C=O) groups is 3. The topological polar surface area (TPSA) is 155 Å². The molecule has 3 amide bonds. The fourth-order valence-electron chi connectivity index (χ4n) is 11.6. The van der Waals surface area contributed by atoms with E-state index in [-0.39, 0.29) is 24.3 Å².